The number of amides is 2. The van der Waals surface area contributed by atoms with Crippen molar-refractivity contribution < 1.29 is 33.1 Å². The molecule has 6 atom stereocenters. The normalized spacial score (nSPS) is 29.3. The molecule has 196 valence electrons. The fraction of sp³-hybridized carbons (Fsp3) is 0.750. The molecule has 11 heteroatoms. The highest BCUT2D eigenvalue weighted by atomic mass is 32.2. The van der Waals surface area contributed by atoms with E-state index in [0.29, 0.717) is 17.9 Å². The number of β-lactam (4-membered cyclic amide) rings is 1. The molecule has 0 spiro atoms. The number of Topliss-reactive ketones (excluding diaryl/α,β-unsaturated/α-hetero) is 1. The molecular weight excluding hydrogens is 480 g/mol. The van der Waals surface area contributed by atoms with Crippen molar-refractivity contribution in [3.63, 3.8) is 0 Å². The van der Waals surface area contributed by atoms with Crippen LogP contribution < -0.4 is 5.32 Å². The summed E-state index contributed by atoms with van der Waals surface area (Å²) in [5.41, 5.74) is -0.0696. The van der Waals surface area contributed by atoms with E-state index < -0.39 is 54.3 Å². The van der Waals surface area contributed by atoms with Crippen LogP contribution >= 0.6 is 11.8 Å². The summed E-state index contributed by atoms with van der Waals surface area (Å²) in [6, 6.07) is -0.829. The van der Waals surface area contributed by atoms with E-state index in [1.807, 2.05) is 6.92 Å². The SMILES string of the molecule is CC(C)CC(F)(F)C(=O)C[C@H](C)[C@H]1C(=O)N2C(C(=O)O)=C(S[C@@H]3CN[C@H](C(=O)N(C)C)C3)[C@H](C)[C@H]12. The Morgan fingerprint density at radius 3 is 2.43 bits per heavy atom. The number of likely N-dealkylation sites (N-methyl/N-ethyl adjacent to an activating group) is 1. The average Bonchev–Trinajstić information content (AvgIpc) is 3.28. The van der Waals surface area contributed by atoms with Crippen molar-refractivity contribution in [2.24, 2.45) is 23.7 Å². The summed E-state index contributed by atoms with van der Waals surface area (Å²) in [4.78, 5) is 53.1. The Morgan fingerprint density at radius 2 is 1.89 bits per heavy atom. The summed E-state index contributed by atoms with van der Waals surface area (Å²) >= 11 is 1.37. The topological polar surface area (TPSA) is 107 Å². The number of carboxylic acids is 1. The number of hydrogen-bond acceptors (Lipinski definition) is 6. The molecule has 35 heavy (non-hydrogen) atoms. The summed E-state index contributed by atoms with van der Waals surface area (Å²) in [5.74, 6) is -8.31. The number of carbonyl (C=O) groups excluding carboxylic acids is 3. The van der Waals surface area contributed by atoms with E-state index in [4.69, 9.17) is 0 Å². The molecular formula is C24H35F2N3O5S. The van der Waals surface area contributed by atoms with Crippen molar-refractivity contribution in [1.82, 2.24) is 15.1 Å². The molecule has 0 unspecified atom stereocenters. The Bertz CT molecular complexity index is 938. The number of nitrogens with one attached hydrogen (secondary N) is 1. The van der Waals surface area contributed by atoms with Gasteiger partial charge in [-0.1, -0.05) is 27.7 Å². The van der Waals surface area contributed by atoms with E-state index in [2.05, 4.69) is 5.32 Å². The number of ketones is 1. The van der Waals surface area contributed by atoms with Gasteiger partial charge in [-0.2, -0.15) is 8.78 Å². The first kappa shape index (κ1) is 27.6. The lowest BCUT2D eigenvalue weighted by molar-refractivity contribution is -0.162. The minimum Gasteiger partial charge on any atom is -0.477 e. The van der Waals surface area contributed by atoms with E-state index >= 15 is 0 Å². The van der Waals surface area contributed by atoms with Gasteiger partial charge in [-0.15, -0.1) is 11.8 Å². The maximum Gasteiger partial charge on any atom is 0.353 e. The summed E-state index contributed by atoms with van der Waals surface area (Å²) in [7, 11) is 3.35. The Kier molecular flexibility index (Phi) is 8.00. The van der Waals surface area contributed by atoms with Crippen LogP contribution in [0.5, 0.6) is 0 Å². The number of thioether (sulfide) groups is 1. The first-order valence-electron chi connectivity index (χ1n) is 12.0. The molecule has 0 aromatic rings. The van der Waals surface area contributed by atoms with Gasteiger partial charge in [0.05, 0.1) is 18.0 Å². The zero-order valence-electron chi connectivity index (χ0n) is 21.0. The summed E-state index contributed by atoms with van der Waals surface area (Å²) < 4.78 is 28.6. The molecule has 0 aliphatic carbocycles. The standard InChI is InChI=1S/C24H35F2N3O5S/c1-11(2)9-24(25,26)16(30)7-12(3)17-18-13(4)20(19(23(33)34)29(18)22(17)32)35-14-8-15(27-10-14)21(31)28(5)6/h11-15,17-18,27H,7-10H2,1-6H3,(H,33,34)/t12-,13+,14-,15-,17+,18+/m0/s1. The van der Waals surface area contributed by atoms with Crippen molar-refractivity contribution in [3.8, 4) is 0 Å². The number of hydrogen-bond donors (Lipinski definition) is 2. The number of carbonyl (C=O) groups is 4. The van der Waals surface area contributed by atoms with Gasteiger partial charge in [-0.05, 0) is 18.3 Å². The van der Waals surface area contributed by atoms with Crippen LogP contribution in [0.2, 0.25) is 0 Å². The van der Waals surface area contributed by atoms with Crippen molar-refractivity contribution in [3.05, 3.63) is 10.6 Å². The lowest BCUT2D eigenvalue weighted by atomic mass is 9.73. The Balaban J connectivity index is 1.73. The maximum absolute atomic E-state index is 14.3. The lowest BCUT2D eigenvalue weighted by Gasteiger charge is -2.47. The highest BCUT2D eigenvalue weighted by molar-refractivity contribution is 8.03. The third-order valence-corrected chi connectivity index (χ3v) is 8.62. The van der Waals surface area contributed by atoms with Gasteiger partial charge in [0.15, 0.2) is 0 Å². The molecule has 3 heterocycles. The Morgan fingerprint density at radius 1 is 1.26 bits per heavy atom. The Hall–Kier alpha value is -2.01. The first-order valence-corrected chi connectivity index (χ1v) is 12.9. The number of aliphatic carboxylic acids is 1. The van der Waals surface area contributed by atoms with E-state index in [0.717, 1.165) is 0 Å². The van der Waals surface area contributed by atoms with Gasteiger partial charge >= 0.3 is 11.9 Å². The molecule has 2 N–H and O–H groups in total. The van der Waals surface area contributed by atoms with Crippen LogP contribution in [-0.2, 0) is 19.2 Å². The molecule has 3 aliphatic heterocycles. The first-order chi connectivity index (χ1) is 16.2. The smallest absolute Gasteiger partial charge is 0.353 e. The van der Waals surface area contributed by atoms with E-state index in [-0.39, 0.29) is 34.7 Å². The molecule has 2 fully saturated rings. The minimum absolute atomic E-state index is 0.0447. The van der Waals surface area contributed by atoms with Crippen molar-refractivity contribution in [2.45, 2.75) is 70.2 Å². The van der Waals surface area contributed by atoms with Crippen LogP contribution in [0, 0.1) is 23.7 Å². The fourth-order valence-corrected chi connectivity index (χ4v) is 6.91. The van der Waals surface area contributed by atoms with Crippen LogP contribution in [0.15, 0.2) is 10.6 Å². The second kappa shape index (κ2) is 10.2. The highest BCUT2D eigenvalue weighted by Gasteiger charge is 2.60. The van der Waals surface area contributed by atoms with Crippen molar-refractivity contribution >= 4 is 35.3 Å². The quantitative estimate of drug-likeness (QED) is 0.431. The molecule has 0 bridgehead atoms. The molecule has 0 aromatic carbocycles. The molecule has 2 amide bonds. The van der Waals surface area contributed by atoms with Gasteiger partial charge in [0.1, 0.15) is 5.70 Å². The Labute approximate surface area is 208 Å². The summed E-state index contributed by atoms with van der Waals surface area (Å²) in [6.07, 6.45) is -0.441. The second-order valence-corrected chi connectivity index (χ2v) is 11.9. The number of carboxylic acid groups (broad SMARTS) is 1. The van der Waals surface area contributed by atoms with Gasteiger partial charge in [0.25, 0.3) is 0 Å². The molecule has 3 aliphatic rings. The predicted octanol–water partition coefficient (Wildman–Crippen LogP) is 2.59. The number of alkyl halides is 2. The molecule has 8 nitrogen and oxygen atoms in total. The summed E-state index contributed by atoms with van der Waals surface area (Å²) in [5, 5.41) is 13.0. The van der Waals surface area contributed by atoms with Crippen LogP contribution in [-0.4, -0.2) is 82.4 Å². The van der Waals surface area contributed by atoms with Crippen LogP contribution in [0.25, 0.3) is 0 Å². The monoisotopic (exact) mass is 515 g/mol. The number of rotatable bonds is 10. The van der Waals surface area contributed by atoms with Crippen molar-refractivity contribution in [2.75, 3.05) is 20.6 Å². The highest BCUT2D eigenvalue weighted by Crippen LogP contribution is 2.53. The summed E-state index contributed by atoms with van der Waals surface area (Å²) in [6.45, 7) is 7.21. The number of fused-ring (bicyclic) bond motifs is 1. The lowest BCUT2D eigenvalue weighted by Crippen LogP contribution is -2.62. The number of halogens is 2. The third kappa shape index (κ3) is 5.26. The third-order valence-electron chi connectivity index (χ3n) is 7.11. The minimum atomic E-state index is -3.45. The molecule has 0 saturated carbocycles. The van der Waals surface area contributed by atoms with E-state index in [9.17, 15) is 33.1 Å². The zero-order chi connectivity index (χ0) is 26.4. The van der Waals surface area contributed by atoms with E-state index in [1.54, 1.807) is 34.9 Å². The van der Waals surface area contributed by atoms with E-state index in [1.165, 1.54) is 21.6 Å². The zero-order valence-corrected chi connectivity index (χ0v) is 21.8. The maximum atomic E-state index is 14.3. The van der Waals surface area contributed by atoms with Gasteiger partial charge in [-0.25, -0.2) is 4.79 Å². The molecule has 2 saturated heterocycles. The molecule has 3 rings (SSSR count). The van der Waals surface area contributed by atoms with Gasteiger partial charge in [-0.3, -0.25) is 14.4 Å². The average molecular weight is 516 g/mol. The largest absolute Gasteiger partial charge is 0.477 e. The van der Waals surface area contributed by atoms with Crippen LogP contribution in [0.4, 0.5) is 8.78 Å². The number of nitrogens with zero attached hydrogens (tertiary/aromatic N) is 2. The molecule has 0 aromatic heterocycles. The van der Waals surface area contributed by atoms with Gasteiger partial charge in [0.2, 0.25) is 17.6 Å². The van der Waals surface area contributed by atoms with Crippen molar-refractivity contribution in [1.29, 1.82) is 0 Å². The van der Waals surface area contributed by atoms with Crippen LogP contribution in [0.1, 0.15) is 47.0 Å². The van der Waals surface area contributed by atoms with Crippen LogP contribution in [0.3, 0.4) is 0 Å². The van der Waals surface area contributed by atoms with Gasteiger partial charge in [0, 0.05) is 49.6 Å². The fourth-order valence-electron chi connectivity index (χ4n) is 5.43. The predicted molar refractivity (Wildman–Crippen MR) is 128 cm³/mol. The second-order valence-electron chi connectivity index (χ2n) is 10.6. The van der Waals surface area contributed by atoms with Gasteiger partial charge < -0.3 is 20.2 Å². The molecule has 0 radical (unpaired) electrons.